The van der Waals surface area contributed by atoms with E-state index < -0.39 is 0 Å². The summed E-state index contributed by atoms with van der Waals surface area (Å²) in [6, 6.07) is 30.3. The zero-order valence-electron chi connectivity index (χ0n) is 38.2. The second kappa shape index (κ2) is 19.0. The van der Waals surface area contributed by atoms with Crippen molar-refractivity contribution in [3.63, 3.8) is 0 Å². The molecule has 338 valence electrons. The standard InChI is InChI=1S/C53H58N4O7S/c1-34-21-43-37(15-16-40-25-38-11-7-9-13-46(38)56(40)51(43)58)27-48(34)63-31-35-22-36(24-41(23-35)55(17-19-60-4)18-20-62-33-53(2,3)65-6)32-64-50-29-45-44(28-49(50)61-5)52(59)57-42(30-54-45)26-39-12-8-10-14-47(39)57/h7-14,21-24,27-30,40,42H,15-20,25-26,31-33H2,1-6H3/t40-,42+/m1/s1. The number of rotatable bonds is 17. The van der Waals surface area contributed by atoms with E-state index in [9.17, 15) is 9.59 Å². The van der Waals surface area contributed by atoms with E-state index in [1.165, 1.54) is 5.56 Å². The van der Waals surface area contributed by atoms with Gasteiger partial charge in [0.05, 0.1) is 44.2 Å². The fourth-order valence-electron chi connectivity index (χ4n) is 9.44. The molecule has 12 heteroatoms. The Labute approximate surface area is 386 Å². The number of ether oxygens (including phenoxy) is 5. The van der Waals surface area contributed by atoms with Crippen molar-refractivity contribution in [3.8, 4) is 17.2 Å². The van der Waals surface area contributed by atoms with E-state index in [1.54, 1.807) is 38.1 Å². The Morgan fingerprint density at radius 1 is 0.754 bits per heavy atom. The lowest BCUT2D eigenvalue weighted by atomic mass is 9.98. The summed E-state index contributed by atoms with van der Waals surface area (Å²) in [6.07, 6.45) is 7.25. The first-order valence-electron chi connectivity index (χ1n) is 22.5. The average Bonchev–Trinajstić information content (AvgIpc) is 3.81. The topological polar surface area (TPSA) is 102 Å². The van der Waals surface area contributed by atoms with Crippen LogP contribution < -0.4 is 28.9 Å². The normalized spacial score (nSPS) is 17.1. The molecule has 4 aliphatic rings. The molecule has 0 aliphatic carbocycles. The maximum atomic E-state index is 14.1. The Kier molecular flexibility index (Phi) is 12.9. The number of carbonyl (C=O) groups is 2. The fourth-order valence-corrected chi connectivity index (χ4v) is 9.64. The molecule has 0 fully saturated rings. The molecule has 5 aromatic carbocycles. The second-order valence-corrected chi connectivity index (χ2v) is 19.4. The molecule has 0 saturated carbocycles. The number of aliphatic imine (C=N–C) groups is 1. The number of hydrogen-bond acceptors (Lipinski definition) is 10. The third-order valence-corrected chi connectivity index (χ3v) is 14.3. The third kappa shape index (κ3) is 9.21. The zero-order chi connectivity index (χ0) is 45.2. The molecule has 9 rings (SSSR count). The maximum Gasteiger partial charge on any atom is 0.261 e. The van der Waals surface area contributed by atoms with Crippen LogP contribution in [0.5, 0.6) is 17.2 Å². The van der Waals surface area contributed by atoms with Crippen LogP contribution in [-0.2, 0) is 41.9 Å². The van der Waals surface area contributed by atoms with Crippen molar-refractivity contribution in [2.75, 3.05) is 68.1 Å². The lowest BCUT2D eigenvalue weighted by molar-refractivity contribution is 0.0975. The Morgan fingerprint density at radius 3 is 2.15 bits per heavy atom. The van der Waals surface area contributed by atoms with Crippen LogP contribution in [0, 0.1) is 6.92 Å². The van der Waals surface area contributed by atoms with E-state index in [1.807, 2.05) is 53.3 Å². The van der Waals surface area contributed by atoms with Crippen LogP contribution in [0.25, 0.3) is 0 Å². The van der Waals surface area contributed by atoms with Gasteiger partial charge < -0.3 is 33.5 Å². The van der Waals surface area contributed by atoms with Gasteiger partial charge in [-0.05, 0) is 128 Å². The number of thioether (sulfide) groups is 1. The molecule has 4 heterocycles. The van der Waals surface area contributed by atoms with E-state index in [0.29, 0.717) is 68.7 Å². The smallest absolute Gasteiger partial charge is 0.261 e. The van der Waals surface area contributed by atoms with Gasteiger partial charge in [0.25, 0.3) is 11.8 Å². The van der Waals surface area contributed by atoms with Crippen molar-refractivity contribution >= 4 is 52.5 Å². The van der Waals surface area contributed by atoms with Crippen molar-refractivity contribution in [1.29, 1.82) is 0 Å². The lowest BCUT2D eigenvalue weighted by Crippen LogP contribution is -2.37. The Bertz CT molecular complexity index is 2630. The summed E-state index contributed by atoms with van der Waals surface area (Å²) >= 11 is 1.79. The maximum absolute atomic E-state index is 14.1. The van der Waals surface area contributed by atoms with Gasteiger partial charge in [0, 0.05) is 72.3 Å². The number of fused-ring (bicyclic) bond motifs is 8. The largest absolute Gasteiger partial charge is 0.493 e. The van der Waals surface area contributed by atoms with Crippen LogP contribution in [0.1, 0.15) is 74.4 Å². The Balaban J connectivity index is 0.981. The van der Waals surface area contributed by atoms with Crippen molar-refractivity contribution in [1.82, 2.24) is 0 Å². The van der Waals surface area contributed by atoms with Crippen molar-refractivity contribution < 1.29 is 33.3 Å². The summed E-state index contributed by atoms with van der Waals surface area (Å²) in [5, 5.41) is 0. The van der Waals surface area contributed by atoms with E-state index in [2.05, 4.69) is 73.5 Å². The van der Waals surface area contributed by atoms with E-state index in [0.717, 1.165) is 75.5 Å². The minimum Gasteiger partial charge on any atom is -0.493 e. The number of aryl methyl sites for hydroxylation is 2. The summed E-state index contributed by atoms with van der Waals surface area (Å²) in [6.45, 7) is 9.94. The molecule has 0 aromatic heterocycles. The molecule has 11 nitrogen and oxygen atoms in total. The molecule has 5 aromatic rings. The summed E-state index contributed by atoms with van der Waals surface area (Å²) in [4.78, 5) is 39.1. The van der Waals surface area contributed by atoms with Crippen molar-refractivity contribution in [2.24, 2.45) is 4.99 Å². The van der Waals surface area contributed by atoms with E-state index in [4.69, 9.17) is 28.7 Å². The van der Waals surface area contributed by atoms with Gasteiger partial charge in [0.2, 0.25) is 0 Å². The number of carbonyl (C=O) groups excluding carboxylic acids is 2. The van der Waals surface area contributed by atoms with Gasteiger partial charge in [-0.15, -0.1) is 0 Å². The molecule has 4 aliphatic heterocycles. The monoisotopic (exact) mass is 894 g/mol. The second-order valence-electron chi connectivity index (χ2n) is 17.9. The minimum absolute atomic E-state index is 0.0137. The lowest BCUT2D eigenvalue weighted by Gasteiger charge is -2.27. The highest BCUT2D eigenvalue weighted by molar-refractivity contribution is 7.99. The van der Waals surface area contributed by atoms with Crippen molar-refractivity contribution in [2.45, 2.75) is 76.5 Å². The minimum atomic E-state index is -0.164. The molecule has 0 unspecified atom stereocenters. The van der Waals surface area contributed by atoms with Crippen LogP contribution in [0.2, 0.25) is 0 Å². The number of amides is 2. The van der Waals surface area contributed by atoms with Gasteiger partial charge in [0.15, 0.2) is 11.5 Å². The fraction of sp³-hybridized carbons (Fsp3) is 0.377. The molecule has 2 amide bonds. The summed E-state index contributed by atoms with van der Waals surface area (Å²) in [5.41, 5.74) is 10.9. The summed E-state index contributed by atoms with van der Waals surface area (Å²) in [5.74, 6) is 1.65. The molecule has 0 bridgehead atoms. The van der Waals surface area contributed by atoms with Crippen LogP contribution in [0.3, 0.4) is 0 Å². The molecule has 2 atom stereocenters. The molecule has 0 radical (unpaired) electrons. The predicted octanol–water partition coefficient (Wildman–Crippen LogP) is 9.58. The van der Waals surface area contributed by atoms with E-state index in [-0.39, 0.29) is 35.3 Å². The number of hydrogen-bond donors (Lipinski definition) is 0. The van der Waals surface area contributed by atoms with Crippen LogP contribution in [0.4, 0.5) is 22.7 Å². The SMILES string of the molecule is COCCN(CCOCC(C)(C)SC)c1cc(COc2cc3c(cc2C)C(=O)N2c4ccccc4C[C@H]2CC3)cc(COc2cc3c(cc2OC)C(=O)N2c4ccccc4C[C@H]2C=N3)c1. The molecular weight excluding hydrogens is 837 g/mol. The van der Waals surface area contributed by atoms with Gasteiger partial charge in [-0.2, -0.15) is 11.8 Å². The van der Waals surface area contributed by atoms with Crippen LogP contribution in [0.15, 0.2) is 96.0 Å². The molecule has 0 spiro atoms. The number of benzene rings is 5. The summed E-state index contributed by atoms with van der Waals surface area (Å²) < 4.78 is 30.9. The predicted molar refractivity (Wildman–Crippen MR) is 260 cm³/mol. The van der Waals surface area contributed by atoms with Gasteiger partial charge >= 0.3 is 0 Å². The third-order valence-electron chi connectivity index (χ3n) is 13.1. The molecule has 0 saturated heterocycles. The number of para-hydroxylation sites is 2. The molecule has 0 N–H and O–H groups in total. The highest BCUT2D eigenvalue weighted by Crippen LogP contribution is 2.42. The van der Waals surface area contributed by atoms with Gasteiger partial charge in [-0.3, -0.25) is 19.5 Å². The first-order chi connectivity index (χ1) is 31.5. The van der Waals surface area contributed by atoms with Crippen LogP contribution in [-0.4, -0.2) is 88.2 Å². The van der Waals surface area contributed by atoms with E-state index >= 15 is 0 Å². The molecular formula is C53H58N4O7S. The van der Waals surface area contributed by atoms with Gasteiger partial charge in [-0.1, -0.05) is 36.4 Å². The molecule has 65 heavy (non-hydrogen) atoms. The first-order valence-corrected chi connectivity index (χ1v) is 23.7. The van der Waals surface area contributed by atoms with Crippen LogP contribution >= 0.6 is 11.8 Å². The summed E-state index contributed by atoms with van der Waals surface area (Å²) in [7, 11) is 3.30. The highest BCUT2D eigenvalue weighted by Gasteiger charge is 2.38. The Morgan fingerprint density at radius 2 is 1.43 bits per heavy atom. The van der Waals surface area contributed by atoms with Gasteiger partial charge in [-0.25, -0.2) is 0 Å². The Hall–Kier alpha value is -5.82. The van der Waals surface area contributed by atoms with Crippen molar-refractivity contribution in [3.05, 3.63) is 136 Å². The highest BCUT2D eigenvalue weighted by atomic mass is 32.2. The average molecular weight is 895 g/mol. The van der Waals surface area contributed by atoms with Gasteiger partial charge in [0.1, 0.15) is 19.0 Å². The zero-order valence-corrected chi connectivity index (χ0v) is 39.0. The first kappa shape index (κ1) is 44.4. The number of methoxy groups -OCH3 is 2. The number of anilines is 3. The number of nitrogens with zero attached hydrogens (tertiary/aromatic N) is 4. The quantitative estimate of drug-likeness (QED) is 0.0845.